The molecular formula is C12H14N6O4S3. The van der Waals surface area contributed by atoms with E-state index in [1.54, 1.807) is 13.8 Å². The fourth-order valence-corrected chi connectivity index (χ4v) is 3.60. The first kappa shape index (κ1) is 19.2. The first-order valence-electron chi connectivity index (χ1n) is 6.98. The number of carbonyl (C=O) groups is 3. The highest BCUT2D eigenvalue weighted by Gasteiger charge is 2.16. The number of carbonyl (C=O) groups excluding carboxylic acids is 3. The van der Waals surface area contributed by atoms with Crippen LogP contribution in [-0.2, 0) is 14.3 Å². The summed E-state index contributed by atoms with van der Waals surface area (Å²) in [7, 11) is 0. The highest BCUT2D eigenvalue weighted by atomic mass is 32.2. The molecule has 2 aromatic rings. The SMILES string of the molecule is CCOC(=O)CNC(=O)CSc1nnc(NC(=O)c2snnc2C)s1. The summed E-state index contributed by atoms with van der Waals surface area (Å²) in [5.41, 5.74) is 0.542. The van der Waals surface area contributed by atoms with E-state index in [1.165, 1.54) is 0 Å². The molecule has 2 rings (SSSR count). The summed E-state index contributed by atoms with van der Waals surface area (Å²) >= 11 is 3.29. The summed E-state index contributed by atoms with van der Waals surface area (Å²) in [6.07, 6.45) is 0. The average molecular weight is 402 g/mol. The number of anilines is 1. The third-order valence-electron chi connectivity index (χ3n) is 2.55. The quantitative estimate of drug-likeness (QED) is 0.372. The molecule has 25 heavy (non-hydrogen) atoms. The van der Waals surface area contributed by atoms with Crippen LogP contribution in [0.4, 0.5) is 5.13 Å². The Kier molecular flexibility index (Phi) is 7.21. The molecule has 13 heteroatoms. The number of amides is 2. The Morgan fingerprint density at radius 1 is 1.24 bits per heavy atom. The molecule has 0 saturated heterocycles. The van der Waals surface area contributed by atoms with Crippen molar-refractivity contribution < 1.29 is 19.1 Å². The van der Waals surface area contributed by atoms with Crippen LogP contribution >= 0.6 is 34.6 Å². The molecule has 0 fully saturated rings. The van der Waals surface area contributed by atoms with Crippen LogP contribution < -0.4 is 10.6 Å². The van der Waals surface area contributed by atoms with Crippen LogP contribution in [0.15, 0.2) is 4.34 Å². The van der Waals surface area contributed by atoms with E-state index >= 15 is 0 Å². The van der Waals surface area contributed by atoms with Gasteiger partial charge in [-0.15, -0.1) is 15.3 Å². The molecule has 0 bridgehead atoms. The fraction of sp³-hybridized carbons (Fsp3) is 0.417. The van der Waals surface area contributed by atoms with Gasteiger partial charge in [-0.2, -0.15) is 0 Å². The predicted octanol–water partition coefficient (Wildman–Crippen LogP) is 0.722. The zero-order valence-corrected chi connectivity index (χ0v) is 15.7. The van der Waals surface area contributed by atoms with E-state index in [2.05, 4.69) is 30.4 Å². The highest BCUT2D eigenvalue weighted by Crippen LogP contribution is 2.26. The second-order valence-corrected chi connectivity index (χ2v) is 7.34. The molecule has 10 nitrogen and oxygen atoms in total. The summed E-state index contributed by atoms with van der Waals surface area (Å²) in [6.45, 7) is 3.47. The third-order valence-corrected chi connectivity index (χ3v) is 5.35. The van der Waals surface area contributed by atoms with Crippen LogP contribution in [0, 0.1) is 6.92 Å². The maximum absolute atomic E-state index is 12.0. The van der Waals surface area contributed by atoms with E-state index in [-0.39, 0.29) is 30.7 Å². The Labute approximate surface area is 154 Å². The molecule has 134 valence electrons. The van der Waals surface area contributed by atoms with Gasteiger partial charge in [0.2, 0.25) is 11.0 Å². The van der Waals surface area contributed by atoms with Crippen LogP contribution in [0.1, 0.15) is 22.3 Å². The van der Waals surface area contributed by atoms with Crippen molar-refractivity contribution >= 4 is 57.5 Å². The van der Waals surface area contributed by atoms with E-state index in [1.807, 2.05) is 0 Å². The smallest absolute Gasteiger partial charge is 0.325 e. The second kappa shape index (κ2) is 9.39. The molecule has 0 saturated carbocycles. The number of aryl methyl sites for hydroxylation is 1. The van der Waals surface area contributed by atoms with Gasteiger partial charge in [0.1, 0.15) is 11.4 Å². The van der Waals surface area contributed by atoms with Gasteiger partial charge in [-0.05, 0) is 25.4 Å². The standard InChI is InChI=1S/C12H14N6O4S3/c1-3-22-8(20)4-13-7(19)5-23-12-17-16-11(24-12)14-10(21)9-6(2)15-18-25-9/h3-5H2,1-2H3,(H,13,19)(H,14,16,21). The number of nitrogens with one attached hydrogen (secondary N) is 2. The maximum Gasteiger partial charge on any atom is 0.325 e. The molecule has 0 spiro atoms. The topological polar surface area (TPSA) is 136 Å². The van der Waals surface area contributed by atoms with E-state index in [4.69, 9.17) is 4.74 Å². The Balaban J connectivity index is 1.77. The van der Waals surface area contributed by atoms with Gasteiger partial charge < -0.3 is 10.1 Å². The monoisotopic (exact) mass is 402 g/mol. The molecule has 0 aliphatic rings. The molecule has 0 aromatic carbocycles. The van der Waals surface area contributed by atoms with Crippen LogP contribution in [-0.4, -0.2) is 56.5 Å². The molecule has 2 N–H and O–H groups in total. The van der Waals surface area contributed by atoms with Crippen molar-refractivity contribution in [1.82, 2.24) is 25.1 Å². The number of esters is 1. The molecule has 0 unspecified atom stereocenters. The molecule has 0 aliphatic heterocycles. The van der Waals surface area contributed by atoms with Gasteiger partial charge in [-0.1, -0.05) is 27.6 Å². The van der Waals surface area contributed by atoms with E-state index < -0.39 is 5.97 Å². The highest BCUT2D eigenvalue weighted by molar-refractivity contribution is 8.01. The lowest BCUT2D eigenvalue weighted by Crippen LogP contribution is -2.31. The van der Waals surface area contributed by atoms with Crippen molar-refractivity contribution in [3.05, 3.63) is 10.6 Å². The number of hydrogen-bond acceptors (Lipinski definition) is 11. The average Bonchev–Trinajstić information content (AvgIpc) is 3.20. The number of ether oxygens (including phenoxy) is 1. The van der Waals surface area contributed by atoms with Crippen molar-refractivity contribution in [1.29, 1.82) is 0 Å². The van der Waals surface area contributed by atoms with E-state index in [9.17, 15) is 14.4 Å². The number of aromatic nitrogens is 4. The number of thioether (sulfide) groups is 1. The normalized spacial score (nSPS) is 10.3. The Hall–Kier alpha value is -2.12. The first-order chi connectivity index (χ1) is 12.0. The zero-order valence-electron chi connectivity index (χ0n) is 13.3. The number of nitrogens with zero attached hydrogens (tertiary/aromatic N) is 4. The van der Waals surface area contributed by atoms with Crippen molar-refractivity contribution in [2.24, 2.45) is 0 Å². The predicted molar refractivity (Wildman–Crippen MR) is 92.9 cm³/mol. The minimum Gasteiger partial charge on any atom is -0.465 e. The van der Waals surface area contributed by atoms with Gasteiger partial charge in [0, 0.05) is 0 Å². The summed E-state index contributed by atoms with van der Waals surface area (Å²) in [5.74, 6) is -1.10. The summed E-state index contributed by atoms with van der Waals surface area (Å²) in [5, 5.41) is 16.9. The second-order valence-electron chi connectivity index (χ2n) is 4.39. The van der Waals surface area contributed by atoms with Crippen LogP contribution in [0.3, 0.4) is 0 Å². The molecule has 0 atom stereocenters. The van der Waals surface area contributed by atoms with Gasteiger partial charge in [0.05, 0.1) is 18.1 Å². The van der Waals surface area contributed by atoms with Gasteiger partial charge in [-0.25, -0.2) is 0 Å². The Morgan fingerprint density at radius 2 is 2.04 bits per heavy atom. The molecule has 0 radical (unpaired) electrons. The van der Waals surface area contributed by atoms with Crippen LogP contribution in [0.25, 0.3) is 0 Å². The lowest BCUT2D eigenvalue weighted by molar-refractivity contribution is -0.143. The molecule has 2 aromatic heterocycles. The fourth-order valence-electron chi connectivity index (χ4n) is 1.47. The van der Waals surface area contributed by atoms with Gasteiger partial charge in [0.25, 0.3) is 5.91 Å². The summed E-state index contributed by atoms with van der Waals surface area (Å²) in [6, 6.07) is 0. The van der Waals surface area contributed by atoms with Crippen molar-refractivity contribution in [3.63, 3.8) is 0 Å². The maximum atomic E-state index is 12.0. The molecule has 2 amide bonds. The van der Waals surface area contributed by atoms with Crippen LogP contribution in [0.2, 0.25) is 0 Å². The molecule has 0 aliphatic carbocycles. The largest absolute Gasteiger partial charge is 0.465 e. The van der Waals surface area contributed by atoms with Crippen molar-refractivity contribution in [2.45, 2.75) is 18.2 Å². The van der Waals surface area contributed by atoms with Gasteiger partial charge in [0.15, 0.2) is 4.34 Å². The number of rotatable bonds is 8. The van der Waals surface area contributed by atoms with Gasteiger partial charge >= 0.3 is 5.97 Å². The van der Waals surface area contributed by atoms with Gasteiger partial charge in [-0.3, -0.25) is 19.7 Å². The third kappa shape index (κ3) is 6.03. The minimum absolute atomic E-state index is 0.0693. The number of hydrogen-bond donors (Lipinski definition) is 2. The minimum atomic E-state index is -0.491. The van der Waals surface area contributed by atoms with Crippen LogP contribution in [0.5, 0.6) is 0 Å². The first-order valence-corrected chi connectivity index (χ1v) is 9.56. The van der Waals surface area contributed by atoms with Crippen molar-refractivity contribution in [2.75, 3.05) is 24.2 Å². The lowest BCUT2D eigenvalue weighted by Gasteiger charge is -2.03. The Morgan fingerprint density at radius 3 is 2.72 bits per heavy atom. The zero-order chi connectivity index (χ0) is 18.2. The van der Waals surface area contributed by atoms with E-state index in [0.29, 0.717) is 20.0 Å². The molecule has 2 heterocycles. The van der Waals surface area contributed by atoms with Crippen molar-refractivity contribution in [3.8, 4) is 0 Å². The summed E-state index contributed by atoms with van der Waals surface area (Å²) < 4.78 is 8.92. The lowest BCUT2D eigenvalue weighted by atomic mass is 10.4. The summed E-state index contributed by atoms with van der Waals surface area (Å²) in [4.78, 5) is 35.2. The molecular weight excluding hydrogens is 388 g/mol. The Bertz CT molecular complexity index is 762. The van der Waals surface area contributed by atoms with E-state index in [0.717, 1.165) is 34.6 Å².